The largest absolute Gasteiger partial charge is 0.326 e. The number of nitrogens with two attached hydrogens (primary N) is 1. The molecule has 3 nitrogen and oxygen atoms in total. The Morgan fingerprint density at radius 1 is 1.37 bits per heavy atom. The van der Waals surface area contributed by atoms with Crippen molar-refractivity contribution in [2.75, 3.05) is 0 Å². The lowest BCUT2D eigenvalue weighted by Gasteiger charge is -2.00. The summed E-state index contributed by atoms with van der Waals surface area (Å²) in [5.74, 6) is 1.00. The van der Waals surface area contributed by atoms with E-state index in [1.165, 1.54) is 10.4 Å². The number of rotatable bonds is 2. The number of aryl methyl sites for hydroxylation is 2. The van der Waals surface area contributed by atoms with E-state index in [2.05, 4.69) is 39.6 Å². The van der Waals surface area contributed by atoms with Crippen molar-refractivity contribution in [2.24, 2.45) is 12.8 Å². The molecule has 0 fully saturated rings. The van der Waals surface area contributed by atoms with E-state index in [1.807, 2.05) is 19.2 Å². The monoisotopic (exact) mass is 335 g/mol. The first-order chi connectivity index (χ1) is 9.10. The van der Waals surface area contributed by atoms with Gasteiger partial charge in [-0.05, 0) is 52.2 Å². The van der Waals surface area contributed by atoms with Gasteiger partial charge in [0.05, 0.1) is 19.7 Å². The topological polar surface area (TPSA) is 43.8 Å². The molecule has 0 aliphatic rings. The number of halogens is 1. The molecule has 0 saturated carbocycles. The van der Waals surface area contributed by atoms with Gasteiger partial charge in [-0.15, -0.1) is 11.3 Å². The van der Waals surface area contributed by atoms with E-state index in [4.69, 9.17) is 10.7 Å². The molecule has 0 amide bonds. The van der Waals surface area contributed by atoms with Gasteiger partial charge in [-0.3, -0.25) is 0 Å². The first kappa shape index (κ1) is 12.8. The lowest BCUT2D eigenvalue weighted by Crippen LogP contribution is -1.96. The molecule has 0 aliphatic carbocycles. The van der Waals surface area contributed by atoms with E-state index < -0.39 is 0 Å². The van der Waals surface area contributed by atoms with Crippen LogP contribution in [0.25, 0.3) is 21.7 Å². The first-order valence-corrected chi connectivity index (χ1v) is 7.63. The van der Waals surface area contributed by atoms with Crippen LogP contribution in [0.4, 0.5) is 0 Å². The van der Waals surface area contributed by atoms with Gasteiger partial charge < -0.3 is 10.3 Å². The Labute approximate surface area is 124 Å². The molecule has 0 aliphatic heterocycles. The van der Waals surface area contributed by atoms with Gasteiger partial charge in [-0.1, -0.05) is 6.07 Å². The highest BCUT2D eigenvalue weighted by Crippen LogP contribution is 2.35. The molecule has 0 spiro atoms. The van der Waals surface area contributed by atoms with Crippen molar-refractivity contribution in [3.8, 4) is 10.7 Å². The molecule has 0 unspecified atom stereocenters. The summed E-state index contributed by atoms with van der Waals surface area (Å²) in [6.45, 7) is 2.65. The maximum absolute atomic E-state index is 5.70. The van der Waals surface area contributed by atoms with Gasteiger partial charge in [-0.2, -0.15) is 0 Å². The van der Waals surface area contributed by atoms with Gasteiger partial charge >= 0.3 is 0 Å². The van der Waals surface area contributed by atoms with Crippen LogP contribution < -0.4 is 5.73 Å². The van der Waals surface area contributed by atoms with E-state index in [9.17, 15) is 0 Å². The average Bonchev–Trinajstić information content (AvgIpc) is 2.91. The zero-order valence-corrected chi connectivity index (χ0v) is 13.2. The van der Waals surface area contributed by atoms with Gasteiger partial charge in [0.15, 0.2) is 5.82 Å². The van der Waals surface area contributed by atoms with Crippen molar-refractivity contribution < 1.29 is 0 Å². The molecule has 98 valence electrons. The second kappa shape index (κ2) is 4.74. The fourth-order valence-electron chi connectivity index (χ4n) is 2.15. The minimum absolute atomic E-state index is 0.556. The number of aromatic nitrogens is 2. The smallest absolute Gasteiger partial charge is 0.151 e. The summed E-state index contributed by atoms with van der Waals surface area (Å²) in [7, 11) is 2.05. The second-order valence-corrected chi connectivity index (χ2v) is 6.96. The number of benzene rings is 1. The van der Waals surface area contributed by atoms with Gasteiger partial charge in [0.25, 0.3) is 0 Å². The predicted octanol–water partition coefficient (Wildman–Crippen LogP) is 3.83. The van der Waals surface area contributed by atoms with Gasteiger partial charge in [0.1, 0.15) is 0 Å². The summed E-state index contributed by atoms with van der Waals surface area (Å²) in [6, 6.07) is 8.35. The summed E-state index contributed by atoms with van der Waals surface area (Å²) in [6.07, 6.45) is 0. The van der Waals surface area contributed by atoms with E-state index >= 15 is 0 Å². The van der Waals surface area contributed by atoms with Crippen LogP contribution in [0.5, 0.6) is 0 Å². The lowest BCUT2D eigenvalue weighted by molar-refractivity contribution is 0.960. The van der Waals surface area contributed by atoms with Crippen LogP contribution in [0.1, 0.15) is 11.1 Å². The molecular formula is C14H14BrN3S. The Bertz CT molecular complexity index is 738. The van der Waals surface area contributed by atoms with Crippen molar-refractivity contribution in [2.45, 2.75) is 13.5 Å². The molecule has 1 aromatic carbocycles. The third kappa shape index (κ3) is 2.12. The van der Waals surface area contributed by atoms with Crippen LogP contribution in [0, 0.1) is 6.92 Å². The lowest BCUT2D eigenvalue weighted by atomic mass is 10.2. The number of thiophene rings is 1. The maximum atomic E-state index is 5.70. The molecule has 2 heterocycles. The summed E-state index contributed by atoms with van der Waals surface area (Å²) in [5, 5.41) is 0. The van der Waals surface area contributed by atoms with E-state index in [0.29, 0.717) is 6.54 Å². The molecule has 0 atom stereocenters. The fraction of sp³-hybridized carbons (Fsp3) is 0.214. The molecule has 0 bridgehead atoms. The molecule has 0 radical (unpaired) electrons. The van der Waals surface area contributed by atoms with Crippen molar-refractivity contribution in [3.63, 3.8) is 0 Å². The van der Waals surface area contributed by atoms with Crippen molar-refractivity contribution in [1.82, 2.24) is 9.55 Å². The summed E-state index contributed by atoms with van der Waals surface area (Å²) >= 11 is 5.28. The highest BCUT2D eigenvalue weighted by molar-refractivity contribution is 9.11. The minimum Gasteiger partial charge on any atom is -0.326 e. The quantitative estimate of drug-likeness (QED) is 0.773. The van der Waals surface area contributed by atoms with E-state index in [-0.39, 0.29) is 0 Å². The van der Waals surface area contributed by atoms with Gasteiger partial charge in [0.2, 0.25) is 0 Å². The third-order valence-corrected chi connectivity index (χ3v) is 5.39. The minimum atomic E-state index is 0.556. The Balaban J connectivity index is 2.22. The van der Waals surface area contributed by atoms with Crippen molar-refractivity contribution >= 4 is 38.3 Å². The number of fused-ring (bicyclic) bond motifs is 1. The van der Waals surface area contributed by atoms with Gasteiger partial charge in [-0.25, -0.2) is 4.98 Å². The van der Waals surface area contributed by atoms with Crippen LogP contribution in [-0.2, 0) is 13.6 Å². The Kier molecular flexibility index (Phi) is 3.20. The zero-order chi connectivity index (χ0) is 13.6. The second-order valence-electron chi connectivity index (χ2n) is 4.59. The summed E-state index contributed by atoms with van der Waals surface area (Å²) in [5.41, 5.74) is 10.2. The van der Waals surface area contributed by atoms with Crippen molar-refractivity contribution in [3.05, 3.63) is 39.2 Å². The SMILES string of the molecule is Cc1cc(-c2nc3ccc(CN)cc3n2C)sc1Br. The number of hydrogen-bond acceptors (Lipinski definition) is 3. The molecular weight excluding hydrogens is 322 g/mol. The van der Waals surface area contributed by atoms with E-state index in [0.717, 1.165) is 26.2 Å². The highest BCUT2D eigenvalue weighted by Gasteiger charge is 2.13. The molecule has 19 heavy (non-hydrogen) atoms. The molecule has 3 aromatic rings. The van der Waals surface area contributed by atoms with Gasteiger partial charge in [0, 0.05) is 13.6 Å². The Hall–Kier alpha value is -1.17. The van der Waals surface area contributed by atoms with E-state index in [1.54, 1.807) is 11.3 Å². The molecule has 0 saturated heterocycles. The molecule has 2 N–H and O–H groups in total. The van der Waals surface area contributed by atoms with Crippen LogP contribution in [0.3, 0.4) is 0 Å². The summed E-state index contributed by atoms with van der Waals surface area (Å²) in [4.78, 5) is 5.90. The van der Waals surface area contributed by atoms with Crippen LogP contribution >= 0.6 is 27.3 Å². The zero-order valence-electron chi connectivity index (χ0n) is 10.8. The average molecular weight is 336 g/mol. The third-order valence-electron chi connectivity index (χ3n) is 3.26. The van der Waals surface area contributed by atoms with Crippen LogP contribution in [0.15, 0.2) is 28.1 Å². The Morgan fingerprint density at radius 3 is 2.79 bits per heavy atom. The normalized spacial score (nSPS) is 11.4. The first-order valence-electron chi connectivity index (χ1n) is 6.02. The number of imidazole rings is 1. The predicted molar refractivity (Wildman–Crippen MR) is 84.4 cm³/mol. The fourth-order valence-corrected chi connectivity index (χ4v) is 3.71. The molecule has 2 aromatic heterocycles. The van der Waals surface area contributed by atoms with Crippen LogP contribution in [-0.4, -0.2) is 9.55 Å². The Morgan fingerprint density at radius 2 is 2.16 bits per heavy atom. The molecule has 5 heteroatoms. The standard InChI is InChI=1S/C14H14BrN3S/c1-8-5-12(19-13(8)15)14-17-10-4-3-9(7-16)6-11(10)18(14)2/h3-6H,7,16H2,1-2H3. The number of nitrogens with zero attached hydrogens (tertiary/aromatic N) is 2. The molecule has 3 rings (SSSR count). The highest BCUT2D eigenvalue weighted by atomic mass is 79.9. The maximum Gasteiger partial charge on any atom is 0.151 e. The van der Waals surface area contributed by atoms with Crippen LogP contribution in [0.2, 0.25) is 0 Å². The summed E-state index contributed by atoms with van der Waals surface area (Å²) < 4.78 is 3.30. The van der Waals surface area contributed by atoms with Crippen molar-refractivity contribution in [1.29, 1.82) is 0 Å². The number of hydrogen-bond donors (Lipinski definition) is 1.